The number of likely N-dealkylation sites (N-methyl/N-ethyl adjacent to an activating group) is 1. The molecule has 10 nitrogen and oxygen atoms in total. The highest BCUT2D eigenvalue weighted by Crippen LogP contribution is 2.27. The van der Waals surface area contributed by atoms with Crippen molar-refractivity contribution in [2.24, 2.45) is 11.3 Å². The molecule has 3 rings (SSSR count). The molecule has 0 spiro atoms. The number of rotatable bonds is 13. The number of hydrogen-bond donors (Lipinski definition) is 1. The molecule has 2 aliphatic heterocycles. The molecule has 0 aliphatic carbocycles. The van der Waals surface area contributed by atoms with E-state index in [0.29, 0.717) is 38.0 Å². The molecule has 49 heavy (non-hydrogen) atoms. The third kappa shape index (κ3) is 10.4. The van der Waals surface area contributed by atoms with Crippen molar-refractivity contribution in [3.8, 4) is 6.07 Å². The van der Waals surface area contributed by atoms with Gasteiger partial charge in [-0.1, -0.05) is 77.4 Å². The molecule has 1 aromatic carbocycles. The minimum Gasteiger partial charge on any atom is -0.342 e. The second kappa shape index (κ2) is 17.8. The van der Waals surface area contributed by atoms with Crippen LogP contribution in [0.15, 0.2) is 42.0 Å². The quantitative estimate of drug-likeness (QED) is 0.289. The van der Waals surface area contributed by atoms with Crippen molar-refractivity contribution < 1.29 is 19.2 Å². The third-order valence-corrected chi connectivity index (χ3v) is 9.97. The molecule has 270 valence electrons. The number of nitrogens with zero attached hydrogens (tertiary/aromatic N) is 5. The van der Waals surface area contributed by atoms with Gasteiger partial charge in [-0.25, -0.2) is 0 Å². The van der Waals surface area contributed by atoms with E-state index in [4.69, 9.17) is 0 Å². The van der Waals surface area contributed by atoms with Gasteiger partial charge in [-0.05, 0) is 69.9 Å². The maximum Gasteiger partial charge on any atom is 0.249 e. The van der Waals surface area contributed by atoms with E-state index >= 15 is 0 Å². The van der Waals surface area contributed by atoms with Crippen molar-refractivity contribution in [3.63, 3.8) is 0 Å². The molecule has 0 bridgehead atoms. The van der Waals surface area contributed by atoms with Crippen molar-refractivity contribution >= 4 is 23.6 Å². The Bertz CT molecular complexity index is 1360. The number of benzene rings is 1. The largest absolute Gasteiger partial charge is 0.342 e. The average molecular weight is 677 g/mol. The number of amides is 4. The van der Waals surface area contributed by atoms with E-state index in [0.717, 1.165) is 31.4 Å². The number of carbonyl (C=O) groups excluding carboxylic acids is 4. The second-order valence-corrected chi connectivity index (χ2v) is 15.5. The Morgan fingerprint density at radius 2 is 1.65 bits per heavy atom. The fourth-order valence-corrected chi connectivity index (χ4v) is 7.13. The molecule has 0 radical (unpaired) electrons. The fraction of sp³-hybridized carbons (Fsp3) is 0.667. The van der Waals surface area contributed by atoms with Gasteiger partial charge in [0.25, 0.3) is 0 Å². The number of piperidine rings is 1. The van der Waals surface area contributed by atoms with E-state index in [1.165, 1.54) is 0 Å². The number of carbonyl (C=O) groups is 4. The number of nitriles is 1. The summed E-state index contributed by atoms with van der Waals surface area (Å²) >= 11 is 0. The molecule has 1 aromatic rings. The van der Waals surface area contributed by atoms with Crippen molar-refractivity contribution in [1.82, 2.24) is 24.9 Å². The van der Waals surface area contributed by atoms with Crippen LogP contribution in [0.1, 0.15) is 99.5 Å². The van der Waals surface area contributed by atoms with Gasteiger partial charge < -0.3 is 20.0 Å². The maximum atomic E-state index is 14.2. The summed E-state index contributed by atoms with van der Waals surface area (Å²) < 4.78 is 0. The number of hydrogen-bond acceptors (Lipinski definition) is 6. The van der Waals surface area contributed by atoms with Crippen LogP contribution in [0.5, 0.6) is 0 Å². The van der Waals surface area contributed by atoms with Gasteiger partial charge in [0, 0.05) is 38.3 Å². The van der Waals surface area contributed by atoms with Crippen LogP contribution in [0.4, 0.5) is 0 Å². The van der Waals surface area contributed by atoms with Gasteiger partial charge in [-0.2, -0.15) is 5.26 Å². The molecule has 0 aromatic heterocycles. The summed E-state index contributed by atoms with van der Waals surface area (Å²) in [5, 5.41) is 12.4. The summed E-state index contributed by atoms with van der Waals surface area (Å²) in [6.07, 6.45) is 6.13. The van der Waals surface area contributed by atoms with Gasteiger partial charge in [0.15, 0.2) is 0 Å². The molecule has 0 saturated carbocycles. The maximum absolute atomic E-state index is 14.2. The summed E-state index contributed by atoms with van der Waals surface area (Å²) in [7, 11) is 1.74. The zero-order valence-corrected chi connectivity index (χ0v) is 31.4. The van der Waals surface area contributed by atoms with Gasteiger partial charge in [-0.15, -0.1) is 0 Å². The van der Waals surface area contributed by atoms with Crippen LogP contribution < -0.4 is 5.32 Å². The van der Waals surface area contributed by atoms with Crippen LogP contribution in [0, 0.1) is 22.7 Å². The van der Waals surface area contributed by atoms with Crippen molar-refractivity contribution in [3.05, 3.63) is 47.5 Å². The lowest BCUT2D eigenvalue weighted by molar-refractivity contribution is -0.142. The van der Waals surface area contributed by atoms with Gasteiger partial charge in [0.05, 0.1) is 24.6 Å². The second-order valence-electron chi connectivity index (χ2n) is 15.5. The van der Waals surface area contributed by atoms with Crippen molar-refractivity contribution in [2.75, 3.05) is 26.7 Å². The summed E-state index contributed by atoms with van der Waals surface area (Å²) in [5.74, 6) is -0.714. The first-order valence-corrected chi connectivity index (χ1v) is 18.1. The SMILES string of the molecule is C/C(=C\[C@H](C(C)C)N(C)C(=O)[C@@H](NC(=O)C1CCCCN1C(C)C)C(C)(C)C)C(=O)N1CCC[C@H]1C(=O)N(CCC#N)Cc1ccccc1. The predicted molar refractivity (Wildman–Crippen MR) is 193 cm³/mol. The van der Waals surface area contributed by atoms with E-state index in [-0.39, 0.29) is 48.1 Å². The van der Waals surface area contributed by atoms with Gasteiger partial charge in [0.1, 0.15) is 12.1 Å². The zero-order valence-electron chi connectivity index (χ0n) is 31.4. The number of likely N-dealkylation sites (tertiary alicyclic amines) is 2. The summed E-state index contributed by atoms with van der Waals surface area (Å²) in [5.41, 5.74) is 0.888. The van der Waals surface area contributed by atoms with E-state index < -0.39 is 23.5 Å². The summed E-state index contributed by atoms with van der Waals surface area (Å²) in [6, 6.07) is 9.99. The monoisotopic (exact) mass is 676 g/mol. The minimum atomic E-state index is -0.754. The Morgan fingerprint density at radius 3 is 2.24 bits per heavy atom. The Morgan fingerprint density at radius 1 is 1.00 bits per heavy atom. The molecule has 2 heterocycles. The average Bonchev–Trinajstić information content (AvgIpc) is 3.56. The highest BCUT2D eigenvalue weighted by atomic mass is 16.2. The van der Waals surface area contributed by atoms with Crippen LogP contribution >= 0.6 is 0 Å². The highest BCUT2D eigenvalue weighted by molar-refractivity contribution is 5.97. The van der Waals surface area contributed by atoms with Gasteiger partial charge in [-0.3, -0.25) is 24.1 Å². The van der Waals surface area contributed by atoms with Crippen LogP contribution in [-0.2, 0) is 25.7 Å². The van der Waals surface area contributed by atoms with E-state index in [9.17, 15) is 24.4 Å². The smallest absolute Gasteiger partial charge is 0.249 e. The Hall–Kier alpha value is -3.71. The lowest BCUT2D eigenvalue weighted by atomic mass is 9.84. The van der Waals surface area contributed by atoms with E-state index in [1.54, 1.807) is 28.7 Å². The first kappa shape index (κ1) is 39.7. The van der Waals surface area contributed by atoms with E-state index in [2.05, 4.69) is 30.1 Å². The molecular formula is C39H60N6O4. The Labute approximate surface area is 294 Å². The predicted octanol–water partition coefficient (Wildman–Crippen LogP) is 5.14. The lowest BCUT2D eigenvalue weighted by Crippen LogP contribution is -2.60. The minimum absolute atomic E-state index is 0.0221. The standard InChI is InChI=1S/C39H60N6O4/c1-27(2)33(42(9)38(49)34(39(6,7)8)41-35(46)31-19-13-14-23-44(31)28(3)4)25-29(5)36(47)45-24-15-20-32(45)37(48)43(22-16-21-40)26-30-17-11-10-12-18-30/h10-12,17-18,25,27-28,31-34H,13-16,19-20,22-24,26H2,1-9H3,(H,41,46)/b29-25+/t31?,32-,33+,34+/m0/s1. The first-order valence-electron chi connectivity index (χ1n) is 18.1. The van der Waals surface area contributed by atoms with Crippen molar-refractivity contribution in [1.29, 1.82) is 5.26 Å². The Balaban J connectivity index is 1.81. The van der Waals surface area contributed by atoms with Gasteiger partial charge >= 0.3 is 0 Å². The van der Waals surface area contributed by atoms with Gasteiger partial charge in [0.2, 0.25) is 23.6 Å². The molecule has 1 N–H and O–H groups in total. The third-order valence-electron chi connectivity index (χ3n) is 9.97. The topological polar surface area (TPSA) is 117 Å². The molecule has 4 atom stereocenters. The summed E-state index contributed by atoms with van der Waals surface area (Å²) in [4.78, 5) is 63.0. The number of nitrogens with one attached hydrogen (secondary N) is 1. The Kier molecular flexibility index (Phi) is 14.4. The molecule has 4 amide bonds. The summed E-state index contributed by atoms with van der Waals surface area (Å²) in [6.45, 7) is 17.8. The van der Waals surface area contributed by atoms with E-state index in [1.807, 2.05) is 71.0 Å². The fourth-order valence-electron chi connectivity index (χ4n) is 7.13. The van der Waals surface area contributed by atoms with Crippen LogP contribution in [0.25, 0.3) is 0 Å². The molecule has 2 saturated heterocycles. The van der Waals surface area contributed by atoms with Crippen molar-refractivity contribution in [2.45, 2.75) is 131 Å². The molecule has 2 fully saturated rings. The van der Waals surface area contributed by atoms with Crippen LogP contribution in [0.2, 0.25) is 0 Å². The normalized spacial score (nSPS) is 20.1. The highest BCUT2D eigenvalue weighted by Gasteiger charge is 2.41. The first-order chi connectivity index (χ1) is 23.1. The molecular weight excluding hydrogens is 616 g/mol. The zero-order chi connectivity index (χ0) is 36.5. The van der Waals surface area contributed by atoms with Crippen LogP contribution in [-0.4, -0.2) is 100 Å². The molecule has 1 unspecified atom stereocenters. The molecule has 10 heteroatoms. The molecule has 2 aliphatic rings. The van der Waals surface area contributed by atoms with Crippen LogP contribution in [0.3, 0.4) is 0 Å². The lowest BCUT2D eigenvalue weighted by Gasteiger charge is -2.41.